The maximum absolute atomic E-state index is 4.54. The quantitative estimate of drug-likeness (QED) is 0.0876. The molecule has 8 rings (SSSR count). The minimum absolute atomic E-state index is 0.839. The topological polar surface area (TPSA) is 113 Å². The normalized spacial score (nSPS) is 11.6. The van der Waals surface area contributed by atoms with Gasteiger partial charge in [0.1, 0.15) is 33.7 Å². The molecule has 0 bridgehead atoms. The van der Waals surface area contributed by atoms with Crippen LogP contribution in [0.3, 0.4) is 0 Å². The van der Waals surface area contributed by atoms with Gasteiger partial charge in [0, 0.05) is 40.7 Å². The molecule has 0 aliphatic carbocycles. The fraction of sp³-hybridized carbons (Fsp3) is 0.294. The number of benzene rings is 2. The van der Waals surface area contributed by atoms with Crippen molar-refractivity contribution in [3.63, 3.8) is 0 Å². The van der Waals surface area contributed by atoms with Crippen molar-refractivity contribution in [2.45, 2.75) is 74.2 Å². The Balaban J connectivity index is 0.000000154. The average Bonchev–Trinajstić information content (AvgIpc) is 3.95. The average molecular weight is 790 g/mol. The van der Waals surface area contributed by atoms with Crippen LogP contribution in [-0.4, -0.2) is 47.8 Å². The first-order chi connectivity index (χ1) is 24.1. The van der Waals surface area contributed by atoms with Gasteiger partial charge in [-0.05, 0) is 87.2 Å². The van der Waals surface area contributed by atoms with Gasteiger partial charge in [0.25, 0.3) is 0 Å². The van der Waals surface area contributed by atoms with Gasteiger partial charge in [-0.2, -0.15) is 8.75 Å². The maximum atomic E-state index is 4.54. The standard InChI is InChI=1S/C17H16BrN5S2.C17H17N5S2/c1-2-3-6-23-10-21-14-16(23)19-9-20-17(14)24-8-11-4-5-13-12(7-11)15(18)25-22-13;1-2-3-6-22-11-20-15-16(22)18-10-19-17(15)23-8-12-4-5-14-13(7-12)9-24-21-14/h4-5,7,9-10H,2-3,6,8H2,1H3;4-5,7,9-11H,2-3,6,8H2,1H3. The summed E-state index contributed by atoms with van der Waals surface area (Å²) in [5, 5.41) is 6.33. The SMILES string of the molecule is CCCCn1cnc2c(SCc3ccc4nsc(Br)c4c3)ncnc21.CCCCn1cnc2c(SCc3ccc4nscc4c3)ncnc21. The Kier molecular flexibility index (Phi) is 11.1. The number of fused-ring (bicyclic) bond motifs is 4. The third-order valence-electron chi connectivity index (χ3n) is 7.91. The van der Waals surface area contributed by atoms with E-state index in [0.29, 0.717) is 0 Å². The largest absolute Gasteiger partial charge is 0.315 e. The molecule has 0 amide bonds. The van der Waals surface area contributed by atoms with Crippen LogP contribution in [0.1, 0.15) is 50.7 Å². The van der Waals surface area contributed by atoms with Crippen molar-refractivity contribution in [1.29, 1.82) is 0 Å². The Labute approximate surface area is 308 Å². The van der Waals surface area contributed by atoms with Gasteiger partial charge in [0.15, 0.2) is 11.3 Å². The molecule has 0 spiro atoms. The lowest BCUT2D eigenvalue weighted by Crippen LogP contribution is -1.97. The summed E-state index contributed by atoms with van der Waals surface area (Å²) in [6.07, 6.45) is 11.6. The van der Waals surface area contributed by atoms with Crippen LogP contribution in [-0.2, 0) is 24.6 Å². The number of hydrogen-bond donors (Lipinski definition) is 0. The van der Waals surface area contributed by atoms with Crippen molar-refractivity contribution in [2.24, 2.45) is 0 Å². The van der Waals surface area contributed by atoms with Crippen molar-refractivity contribution < 1.29 is 0 Å². The predicted molar refractivity (Wildman–Crippen MR) is 207 cm³/mol. The smallest absolute Gasteiger partial charge is 0.164 e. The molecular formula is C34H33BrN10S4. The van der Waals surface area contributed by atoms with E-state index < -0.39 is 0 Å². The Morgan fingerprint density at radius 1 is 0.694 bits per heavy atom. The molecule has 0 saturated heterocycles. The minimum Gasteiger partial charge on any atom is -0.315 e. The first kappa shape index (κ1) is 34.0. The number of unbranched alkanes of at least 4 members (excludes halogenated alkanes) is 2. The van der Waals surface area contributed by atoms with Crippen molar-refractivity contribution >= 4 is 107 Å². The molecule has 0 fully saturated rings. The molecule has 0 saturated carbocycles. The molecule has 8 aromatic rings. The Morgan fingerprint density at radius 2 is 1.29 bits per heavy atom. The number of imidazole rings is 2. The van der Waals surface area contributed by atoms with Gasteiger partial charge < -0.3 is 9.13 Å². The molecule has 6 aromatic heterocycles. The number of aryl methyl sites for hydroxylation is 2. The summed E-state index contributed by atoms with van der Waals surface area (Å²) in [5.74, 6) is 1.70. The second kappa shape index (κ2) is 16.0. The third kappa shape index (κ3) is 7.80. The number of aromatic nitrogens is 10. The molecule has 49 heavy (non-hydrogen) atoms. The highest BCUT2D eigenvalue weighted by atomic mass is 79.9. The van der Waals surface area contributed by atoms with Crippen LogP contribution in [0.2, 0.25) is 0 Å². The fourth-order valence-electron chi connectivity index (χ4n) is 5.28. The van der Waals surface area contributed by atoms with Gasteiger partial charge in [-0.15, -0.1) is 0 Å². The van der Waals surface area contributed by atoms with E-state index >= 15 is 0 Å². The molecule has 0 aliphatic heterocycles. The highest BCUT2D eigenvalue weighted by Crippen LogP contribution is 2.32. The first-order valence-electron chi connectivity index (χ1n) is 16.0. The maximum Gasteiger partial charge on any atom is 0.164 e. The zero-order valence-corrected chi connectivity index (χ0v) is 31.8. The molecule has 250 valence electrons. The van der Waals surface area contributed by atoms with Crippen molar-refractivity contribution in [3.8, 4) is 0 Å². The van der Waals surface area contributed by atoms with Crippen molar-refractivity contribution in [1.82, 2.24) is 47.8 Å². The van der Waals surface area contributed by atoms with E-state index in [4.69, 9.17) is 0 Å². The molecule has 0 atom stereocenters. The fourth-order valence-corrected chi connectivity index (χ4v) is 8.82. The van der Waals surface area contributed by atoms with Crippen LogP contribution in [0, 0.1) is 0 Å². The summed E-state index contributed by atoms with van der Waals surface area (Å²) in [7, 11) is 0. The third-order valence-corrected chi connectivity index (χ3v) is 12.2. The molecular weight excluding hydrogens is 757 g/mol. The zero-order chi connectivity index (χ0) is 33.6. The number of rotatable bonds is 12. The number of nitrogens with zero attached hydrogens (tertiary/aromatic N) is 10. The van der Waals surface area contributed by atoms with E-state index in [1.807, 2.05) is 12.7 Å². The van der Waals surface area contributed by atoms with Crippen molar-refractivity contribution in [2.75, 3.05) is 0 Å². The van der Waals surface area contributed by atoms with Crippen LogP contribution in [0.5, 0.6) is 0 Å². The van der Waals surface area contributed by atoms with Crippen LogP contribution in [0.15, 0.2) is 80.9 Å². The van der Waals surface area contributed by atoms with E-state index in [9.17, 15) is 0 Å². The van der Waals surface area contributed by atoms with E-state index in [1.165, 1.54) is 45.0 Å². The highest BCUT2D eigenvalue weighted by Gasteiger charge is 2.13. The molecule has 15 heteroatoms. The molecule has 2 aromatic carbocycles. The highest BCUT2D eigenvalue weighted by molar-refractivity contribution is 9.11. The predicted octanol–water partition coefficient (Wildman–Crippen LogP) is 9.82. The zero-order valence-electron chi connectivity index (χ0n) is 27.0. The van der Waals surface area contributed by atoms with Gasteiger partial charge in [-0.1, -0.05) is 62.3 Å². The van der Waals surface area contributed by atoms with Crippen LogP contribution in [0.25, 0.3) is 44.1 Å². The second-order valence-electron chi connectivity index (χ2n) is 11.4. The molecule has 0 N–H and O–H groups in total. The lowest BCUT2D eigenvalue weighted by Gasteiger charge is -2.04. The number of thioether (sulfide) groups is 2. The Morgan fingerprint density at radius 3 is 1.90 bits per heavy atom. The molecule has 10 nitrogen and oxygen atoms in total. The second-order valence-corrected chi connectivity index (χ2v) is 16.0. The Bertz CT molecular complexity index is 2330. The summed E-state index contributed by atoms with van der Waals surface area (Å²) in [6.45, 7) is 6.28. The lowest BCUT2D eigenvalue weighted by molar-refractivity contribution is 0.641. The summed E-state index contributed by atoms with van der Waals surface area (Å²) in [6, 6.07) is 12.8. The van der Waals surface area contributed by atoms with Gasteiger partial charge in [-0.25, -0.2) is 29.9 Å². The summed E-state index contributed by atoms with van der Waals surface area (Å²) >= 11 is 9.95. The van der Waals surface area contributed by atoms with Gasteiger partial charge in [0.05, 0.1) is 27.5 Å². The molecule has 0 radical (unpaired) electrons. The number of halogens is 1. The monoisotopic (exact) mass is 788 g/mol. The molecule has 0 unspecified atom stereocenters. The lowest BCUT2D eigenvalue weighted by atomic mass is 10.2. The summed E-state index contributed by atoms with van der Waals surface area (Å²) in [5.41, 5.74) is 8.25. The van der Waals surface area contributed by atoms with Gasteiger partial charge in [0.2, 0.25) is 0 Å². The van der Waals surface area contributed by atoms with Crippen LogP contribution >= 0.6 is 62.5 Å². The van der Waals surface area contributed by atoms with Crippen molar-refractivity contribution in [3.05, 3.63) is 82.0 Å². The molecule has 0 aliphatic rings. The summed E-state index contributed by atoms with van der Waals surface area (Å²) < 4.78 is 14.1. The number of hydrogen-bond acceptors (Lipinski definition) is 12. The van der Waals surface area contributed by atoms with Gasteiger partial charge >= 0.3 is 0 Å². The van der Waals surface area contributed by atoms with Crippen LogP contribution < -0.4 is 0 Å². The van der Waals surface area contributed by atoms with E-state index in [0.717, 1.165) is 97.5 Å². The molecule has 6 heterocycles. The van der Waals surface area contributed by atoms with E-state index in [1.54, 1.807) is 36.2 Å². The first-order valence-corrected chi connectivity index (χ1v) is 20.4. The van der Waals surface area contributed by atoms with Gasteiger partial charge in [-0.3, -0.25) is 0 Å². The Hall–Kier alpha value is -3.50. The minimum atomic E-state index is 0.839. The summed E-state index contributed by atoms with van der Waals surface area (Å²) in [4.78, 5) is 26.8. The van der Waals surface area contributed by atoms with Crippen LogP contribution in [0.4, 0.5) is 0 Å². The van der Waals surface area contributed by atoms with E-state index in [2.05, 4.69) is 119 Å². The van der Waals surface area contributed by atoms with E-state index in [-0.39, 0.29) is 0 Å².